The first-order valence-electron chi connectivity index (χ1n) is 7.87. The number of nitrogens with one attached hydrogen (secondary N) is 4. The summed E-state index contributed by atoms with van der Waals surface area (Å²) in [4.78, 5) is 29.0. The van der Waals surface area contributed by atoms with E-state index < -0.39 is 6.04 Å². The van der Waals surface area contributed by atoms with Gasteiger partial charge >= 0.3 is 5.69 Å². The van der Waals surface area contributed by atoms with Crippen LogP contribution in [0.2, 0.25) is 0 Å². The van der Waals surface area contributed by atoms with Gasteiger partial charge in [0, 0.05) is 5.69 Å². The van der Waals surface area contributed by atoms with E-state index in [2.05, 4.69) is 20.6 Å². The summed E-state index contributed by atoms with van der Waals surface area (Å²) in [5.41, 5.74) is 3.03. The van der Waals surface area contributed by atoms with Crippen molar-refractivity contribution in [3.63, 3.8) is 0 Å². The van der Waals surface area contributed by atoms with Crippen LogP contribution in [0.5, 0.6) is 0 Å². The van der Waals surface area contributed by atoms with E-state index in [1.54, 1.807) is 19.1 Å². The maximum Gasteiger partial charge on any atom is 0.323 e. The van der Waals surface area contributed by atoms with E-state index in [0.717, 1.165) is 16.8 Å². The van der Waals surface area contributed by atoms with Gasteiger partial charge in [0.25, 0.3) is 0 Å². The van der Waals surface area contributed by atoms with Gasteiger partial charge in [-0.25, -0.2) is 4.79 Å². The molecule has 0 spiro atoms. The number of carbonyl (C=O) groups excluding carboxylic acids is 1. The van der Waals surface area contributed by atoms with Gasteiger partial charge in [-0.2, -0.15) is 0 Å². The van der Waals surface area contributed by atoms with E-state index in [1.807, 2.05) is 43.3 Å². The largest absolute Gasteiger partial charge is 0.374 e. The molecule has 0 radical (unpaired) electrons. The molecule has 4 N–H and O–H groups in total. The number of benzene rings is 2. The van der Waals surface area contributed by atoms with Gasteiger partial charge in [0.2, 0.25) is 5.91 Å². The van der Waals surface area contributed by atoms with E-state index in [4.69, 9.17) is 0 Å². The Balaban J connectivity index is 1.65. The third-order valence-electron chi connectivity index (χ3n) is 3.95. The smallest absolute Gasteiger partial charge is 0.323 e. The van der Waals surface area contributed by atoms with Crippen LogP contribution in [-0.2, 0) is 4.79 Å². The number of rotatable bonds is 5. The van der Waals surface area contributed by atoms with E-state index in [0.29, 0.717) is 5.52 Å². The van der Waals surface area contributed by atoms with Crippen molar-refractivity contribution in [3.05, 3.63) is 64.6 Å². The van der Waals surface area contributed by atoms with Crippen LogP contribution in [0.25, 0.3) is 11.0 Å². The summed E-state index contributed by atoms with van der Waals surface area (Å²) in [6.07, 6.45) is 0. The van der Waals surface area contributed by atoms with Gasteiger partial charge in [-0.15, -0.1) is 0 Å². The van der Waals surface area contributed by atoms with E-state index in [9.17, 15) is 9.59 Å². The minimum Gasteiger partial charge on any atom is -0.374 e. The summed E-state index contributed by atoms with van der Waals surface area (Å²) in [5, 5.41) is 6.14. The average molecular weight is 324 g/mol. The highest BCUT2D eigenvalue weighted by molar-refractivity contribution is 5.86. The maximum atomic E-state index is 12.4. The van der Waals surface area contributed by atoms with Crippen LogP contribution < -0.4 is 16.3 Å². The molecule has 24 heavy (non-hydrogen) atoms. The highest BCUT2D eigenvalue weighted by atomic mass is 16.2. The zero-order valence-corrected chi connectivity index (χ0v) is 13.6. The fourth-order valence-electron chi connectivity index (χ4n) is 2.60. The molecule has 0 aliphatic rings. The second-order valence-corrected chi connectivity index (χ2v) is 5.85. The van der Waals surface area contributed by atoms with Gasteiger partial charge in [0.1, 0.15) is 6.04 Å². The topological polar surface area (TPSA) is 89.8 Å². The highest BCUT2D eigenvalue weighted by Crippen LogP contribution is 2.16. The molecule has 2 atom stereocenters. The molecule has 1 aromatic heterocycles. The van der Waals surface area contributed by atoms with E-state index in [-0.39, 0.29) is 17.6 Å². The number of aromatic nitrogens is 2. The van der Waals surface area contributed by atoms with Crippen molar-refractivity contribution in [2.24, 2.45) is 0 Å². The molecule has 0 bridgehead atoms. The van der Waals surface area contributed by atoms with Crippen LogP contribution in [0.15, 0.2) is 53.3 Å². The molecule has 0 saturated heterocycles. The minimum atomic E-state index is -0.403. The van der Waals surface area contributed by atoms with Crippen LogP contribution in [-0.4, -0.2) is 21.9 Å². The standard InChI is InChI=1S/C18H20N4O2/c1-11(13-6-4-3-5-7-13)20-17(23)12(2)19-14-8-9-15-16(10-14)22-18(24)21-15/h3-12,19H,1-2H3,(H,20,23)(H2,21,22,24)/t11-,12+/m1/s1. The number of anilines is 1. The summed E-state index contributed by atoms with van der Waals surface area (Å²) >= 11 is 0. The number of fused-ring (bicyclic) bond motifs is 1. The molecule has 3 rings (SSSR count). The lowest BCUT2D eigenvalue weighted by Gasteiger charge is -2.19. The zero-order valence-electron chi connectivity index (χ0n) is 13.6. The fourth-order valence-corrected chi connectivity index (χ4v) is 2.60. The van der Waals surface area contributed by atoms with Gasteiger partial charge in [0.15, 0.2) is 0 Å². The Morgan fingerprint density at radius 3 is 2.46 bits per heavy atom. The lowest BCUT2D eigenvalue weighted by Crippen LogP contribution is -2.38. The molecule has 0 aliphatic carbocycles. The maximum absolute atomic E-state index is 12.4. The second kappa shape index (κ2) is 6.62. The lowest BCUT2D eigenvalue weighted by molar-refractivity contribution is -0.122. The predicted molar refractivity (Wildman–Crippen MR) is 95.0 cm³/mol. The Kier molecular flexibility index (Phi) is 4.37. The van der Waals surface area contributed by atoms with Gasteiger partial charge < -0.3 is 20.6 Å². The van der Waals surface area contributed by atoms with Crippen molar-refractivity contribution in [2.45, 2.75) is 25.9 Å². The number of carbonyl (C=O) groups is 1. The van der Waals surface area contributed by atoms with Crippen molar-refractivity contribution in [1.29, 1.82) is 0 Å². The molecule has 6 heteroatoms. The summed E-state index contributed by atoms with van der Waals surface area (Å²) in [7, 11) is 0. The summed E-state index contributed by atoms with van der Waals surface area (Å²) in [6.45, 7) is 3.76. The van der Waals surface area contributed by atoms with Crippen molar-refractivity contribution in [3.8, 4) is 0 Å². The van der Waals surface area contributed by atoms with Crippen molar-refractivity contribution < 1.29 is 4.79 Å². The van der Waals surface area contributed by atoms with Crippen molar-refractivity contribution in [1.82, 2.24) is 15.3 Å². The Hall–Kier alpha value is -3.02. The minimum absolute atomic E-state index is 0.0635. The Bertz CT molecular complexity index is 898. The molecule has 6 nitrogen and oxygen atoms in total. The van der Waals surface area contributed by atoms with Crippen LogP contribution >= 0.6 is 0 Å². The van der Waals surface area contributed by atoms with Crippen molar-refractivity contribution in [2.75, 3.05) is 5.32 Å². The molecule has 1 heterocycles. The summed E-state index contributed by atoms with van der Waals surface area (Å²) in [6, 6.07) is 14.8. The quantitative estimate of drug-likeness (QED) is 0.581. The Morgan fingerprint density at radius 1 is 1.00 bits per heavy atom. The van der Waals surface area contributed by atoms with Crippen LogP contribution in [0.1, 0.15) is 25.5 Å². The van der Waals surface area contributed by atoms with Crippen LogP contribution in [0.3, 0.4) is 0 Å². The number of aromatic amines is 2. The van der Waals surface area contributed by atoms with Gasteiger partial charge in [-0.1, -0.05) is 30.3 Å². The van der Waals surface area contributed by atoms with Gasteiger partial charge in [0.05, 0.1) is 17.1 Å². The number of H-pyrrole nitrogens is 2. The highest BCUT2D eigenvalue weighted by Gasteiger charge is 2.16. The molecule has 3 aromatic rings. The lowest BCUT2D eigenvalue weighted by atomic mass is 10.1. The monoisotopic (exact) mass is 324 g/mol. The third kappa shape index (κ3) is 3.48. The molecule has 0 unspecified atom stereocenters. The Morgan fingerprint density at radius 2 is 1.71 bits per heavy atom. The number of amides is 1. The molecule has 0 aliphatic heterocycles. The second-order valence-electron chi connectivity index (χ2n) is 5.85. The van der Waals surface area contributed by atoms with E-state index >= 15 is 0 Å². The number of hydrogen-bond acceptors (Lipinski definition) is 3. The molecular formula is C18H20N4O2. The summed E-state index contributed by atoms with van der Waals surface area (Å²) in [5.74, 6) is -0.0889. The average Bonchev–Trinajstić information content (AvgIpc) is 2.94. The normalized spacial score (nSPS) is 13.4. The molecule has 2 aromatic carbocycles. The summed E-state index contributed by atoms with van der Waals surface area (Å²) < 4.78 is 0. The number of imidazole rings is 1. The van der Waals surface area contributed by atoms with Gasteiger partial charge in [-0.05, 0) is 37.6 Å². The molecule has 1 amide bonds. The van der Waals surface area contributed by atoms with Gasteiger partial charge in [-0.3, -0.25) is 4.79 Å². The molecule has 124 valence electrons. The molecular weight excluding hydrogens is 304 g/mol. The first-order valence-corrected chi connectivity index (χ1v) is 7.87. The molecule has 0 saturated carbocycles. The fraction of sp³-hybridized carbons (Fsp3) is 0.222. The van der Waals surface area contributed by atoms with Crippen molar-refractivity contribution >= 4 is 22.6 Å². The van der Waals surface area contributed by atoms with Crippen LogP contribution in [0, 0.1) is 0 Å². The van der Waals surface area contributed by atoms with E-state index in [1.165, 1.54) is 0 Å². The zero-order chi connectivity index (χ0) is 17.1. The molecule has 0 fully saturated rings. The SMILES string of the molecule is C[C@H](Nc1ccc2[nH]c(=O)[nH]c2c1)C(=O)N[C@H](C)c1ccccc1. The Labute approximate surface area is 139 Å². The third-order valence-corrected chi connectivity index (χ3v) is 3.95. The van der Waals surface area contributed by atoms with Crippen LogP contribution in [0.4, 0.5) is 5.69 Å². The number of hydrogen-bond donors (Lipinski definition) is 4. The predicted octanol–water partition coefficient (Wildman–Crippen LogP) is 2.53. The first kappa shape index (κ1) is 15.9. The first-order chi connectivity index (χ1) is 11.5.